The van der Waals surface area contributed by atoms with Gasteiger partial charge in [0.05, 0.1) is 44.6 Å². The summed E-state index contributed by atoms with van der Waals surface area (Å²) < 4.78 is 120. The Morgan fingerprint density at radius 2 is 0.274 bits per heavy atom. The Morgan fingerprint density at radius 1 is 0.177 bits per heavy atom. The molecule has 1 aliphatic carbocycles. The van der Waals surface area contributed by atoms with Crippen LogP contribution in [0.1, 0.15) is 211 Å². The van der Waals surface area contributed by atoms with E-state index < -0.39 is 0 Å². The van der Waals surface area contributed by atoms with Crippen LogP contribution in [0, 0.1) is 244 Å². The Kier molecular flexibility index (Phi) is 119. The van der Waals surface area contributed by atoms with Crippen LogP contribution in [0.3, 0.4) is 0 Å². The number of allylic oxidation sites excluding steroid dienone is 4. The Hall–Kier alpha value is -8.43. The fourth-order valence-corrected chi connectivity index (χ4v) is 6.96. The zero-order valence-corrected chi connectivity index (χ0v) is 89.5. The van der Waals surface area contributed by atoms with Gasteiger partial charge in [-0.25, -0.2) is 19.9 Å². The molecule has 4 aromatic heterocycles. The molecule has 4 aromatic rings. The average Bonchev–Trinajstić information content (AvgIpc) is 0.846. The minimum atomic E-state index is -0.321. The van der Waals surface area contributed by atoms with Gasteiger partial charge in [0.2, 0.25) is 0 Å². The van der Waals surface area contributed by atoms with Gasteiger partial charge in [-0.2, -0.15) is 0 Å². The van der Waals surface area contributed by atoms with Crippen LogP contribution in [0.15, 0.2) is 141 Å². The molecule has 0 fully saturated rings. The fourth-order valence-electron chi connectivity index (χ4n) is 6.96. The molecule has 0 atom stereocenters. The molecule has 6 aliphatic heterocycles. The molecule has 0 N–H and O–H groups in total. The van der Waals surface area contributed by atoms with Crippen molar-refractivity contribution in [1.82, 2.24) is 19.9 Å². The van der Waals surface area contributed by atoms with Gasteiger partial charge in [-0.1, -0.05) is 260 Å². The Morgan fingerprint density at radius 3 is 0.355 bits per heavy atom. The molecule has 640 valence electrons. The first-order valence-corrected chi connectivity index (χ1v) is 56.3. The molecule has 20 nitrogen and oxygen atoms in total. The van der Waals surface area contributed by atoms with E-state index in [0.717, 1.165) is 66.8 Å². The van der Waals surface area contributed by atoms with Gasteiger partial charge in [0.15, 0.2) is 0 Å². The molecule has 0 radical (unpaired) electrons. The van der Waals surface area contributed by atoms with E-state index in [1.807, 2.05) is 48.5 Å². The normalized spacial score (nSPS) is 9.94. The number of rotatable bonds is 0. The van der Waals surface area contributed by atoms with Gasteiger partial charge < -0.3 is 0 Å². The van der Waals surface area contributed by atoms with E-state index >= 15 is 0 Å². The molecule has 0 saturated carbocycles. The van der Waals surface area contributed by atoms with Crippen LogP contribution in [-0.4, -0.2) is 19.9 Å². The van der Waals surface area contributed by atoms with Crippen molar-refractivity contribution in [2.24, 2.45) is 43.3 Å². The molecule has 0 spiro atoms. The average molecular weight is 2610 g/mol. The standard InChI is InChI=1S/C80H84N4.16CO.4BrH.4Re/c1-73(2,3)61-33-25-57-29-41-70(81-53-57)46-38-66(78(16,17)18)50-63(75(7,8)9)35-27-59-31-43-72(83-55-59)48-40-68(80(22,23)24)52-64(76(10,11)12)36-28-60-32-44-71(84-56-60)47-39-67(79(19,20)21)51-62(74(4,5)6)34-26-58-30-42-69(82-54-58)45-37-65(49-61)77(13,14)15;16*1-2;;;;;;;;/h29-32,41-44,53-56H,1-24H3;;;;;;;;;;;;;;;;;4*1H;;;;/q;;;;;;;;;;;;;;;;;;;;;4*+1/p-4. The van der Waals surface area contributed by atoms with E-state index in [1.54, 1.807) is 24.8 Å². The van der Waals surface area contributed by atoms with E-state index in [4.69, 9.17) is 94.4 Å². The maximum atomic E-state index is 7.50. The van der Waals surface area contributed by atoms with Gasteiger partial charge >= 0.3 is 303 Å². The molecular formula is C96H84Br4N4O16Re4. The van der Waals surface area contributed by atoms with Crippen LogP contribution in [0.5, 0.6) is 0 Å². The van der Waals surface area contributed by atoms with Crippen LogP contribution in [0.25, 0.3) is 0 Å². The summed E-state index contributed by atoms with van der Waals surface area (Å²) in [5.41, 5.74) is 24.2. The van der Waals surface area contributed by atoms with Gasteiger partial charge in [-0.05, 0) is 72.2 Å². The molecule has 0 unspecified atom stereocenters. The van der Waals surface area contributed by atoms with Gasteiger partial charge in [-0.3, -0.25) is 0 Å². The van der Waals surface area contributed by atoms with Crippen molar-refractivity contribution in [3.8, 4) is 94.7 Å². The second-order valence-corrected chi connectivity index (χ2v) is 29.2. The summed E-state index contributed by atoms with van der Waals surface area (Å²) in [6.45, 7) is 123. The monoisotopic (exact) mass is 2610 g/mol. The number of aromatic nitrogens is 4. The summed E-state index contributed by atoms with van der Waals surface area (Å²) in [4.78, 5) is 18.9. The molecular weight excluding hydrogens is 2530 g/mol. The topological polar surface area (TPSA) is 370 Å². The van der Waals surface area contributed by atoms with E-state index in [2.05, 4.69) is 444 Å². The number of halogens is 4. The van der Waals surface area contributed by atoms with Crippen LogP contribution in [0.4, 0.5) is 0 Å². The second kappa shape index (κ2) is 96.8. The Bertz CT molecular complexity index is 4000. The molecule has 8 bridgehead atoms. The van der Waals surface area contributed by atoms with Crippen LogP contribution in [-0.2, 0) is 143 Å². The zero-order chi connectivity index (χ0) is 103. The minimum absolute atomic E-state index is 0.317. The molecule has 0 aromatic carbocycles. The molecule has 0 saturated heterocycles. The second-order valence-electron chi connectivity index (χ2n) is 29.2. The van der Waals surface area contributed by atoms with Crippen LogP contribution in [0.2, 0.25) is 0 Å². The third-order valence-corrected chi connectivity index (χ3v) is 12.6. The quantitative estimate of drug-likeness (QED) is 0.0717. The summed E-state index contributed by atoms with van der Waals surface area (Å²) in [7, 11) is 0. The SMILES string of the molecule is CC(C)(C)C1=C=C(C(C)(C)C)C#Cc2ccc(cn2)C#CC(C(C)(C)C)=C=C(C(C)(C)C)C#Cc2ccc(cn2)C#CC(C(C)(C)C)=C=C(C(C)(C)C)C#Cc2ccc(cn2)C#CC(C(C)(C)C)=C=C(C(C)(C)C)C#Cc2ccc(cn2)C#C1.[Br][Re].[Br][Re].[Br][Re].[Br][Re].[C-]#[O+].[C-]#[O+].[C-]#[O+].[C-]#[O+].[C-]#[O+].[C-]#[O+].[C-]#[O+].[C-]#[O+].[C-]#[O+].[C-]#[O+].[C-]#[O+].[C-]#[O+].[C-]#[O+].[C-]#[O+].[C-]#[O+].[C-]#[O+]. The summed E-state index contributed by atoms with van der Waals surface area (Å²) >= 11 is 18.1. The summed E-state index contributed by atoms with van der Waals surface area (Å²) in [5, 5.41) is 0. The van der Waals surface area contributed by atoms with Gasteiger partial charge in [-0.15, -0.1) is 0 Å². The Balaban J connectivity index is -0.000000182. The first-order valence-electron chi connectivity index (χ1n) is 32.6. The van der Waals surface area contributed by atoms with Crippen LogP contribution >= 0.6 is 53.7 Å². The van der Waals surface area contributed by atoms with E-state index in [9.17, 15) is 0 Å². The third-order valence-electron chi connectivity index (χ3n) is 12.6. The van der Waals surface area contributed by atoms with E-state index in [1.165, 1.54) is 68.7 Å². The van der Waals surface area contributed by atoms with Crippen molar-refractivity contribution in [3.05, 3.63) is 292 Å². The number of nitrogens with zero attached hydrogens (tertiary/aromatic N) is 4. The van der Waals surface area contributed by atoms with Crippen molar-refractivity contribution in [3.63, 3.8) is 0 Å². The number of hydrogen-bond donors (Lipinski definition) is 0. The fraction of sp³-hybridized carbons (Fsp3) is 0.333. The molecule has 10 heterocycles. The summed E-state index contributed by atoms with van der Waals surface area (Å²) in [6.07, 6.45) is 7.06. The van der Waals surface area contributed by atoms with Crippen molar-refractivity contribution < 1.29 is 143 Å². The van der Waals surface area contributed by atoms with Crippen LogP contribution < -0.4 is 0 Å². The molecule has 0 amide bonds. The predicted molar refractivity (Wildman–Crippen MR) is 448 cm³/mol. The third kappa shape index (κ3) is 78.3. The molecule has 11 rings (SSSR count). The van der Waals surface area contributed by atoms with Crippen molar-refractivity contribution in [2.45, 2.75) is 166 Å². The van der Waals surface area contributed by atoms with E-state index in [0.29, 0.717) is 22.8 Å². The summed E-state index contributed by atoms with van der Waals surface area (Å²) in [6, 6.07) is 15.4. The maximum absolute atomic E-state index is 7.50. The van der Waals surface area contributed by atoms with Crippen molar-refractivity contribution in [1.29, 1.82) is 0 Å². The van der Waals surface area contributed by atoms with Gasteiger partial charge in [0.1, 0.15) is 22.8 Å². The zero-order valence-electron chi connectivity index (χ0n) is 72.3. The molecule has 124 heavy (non-hydrogen) atoms. The van der Waals surface area contributed by atoms with Crippen molar-refractivity contribution >= 4 is 53.7 Å². The van der Waals surface area contributed by atoms with Gasteiger partial charge in [0, 0.05) is 90.4 Å². The first-order chi connectivity index (χ1) is 58.6. The Labute approximate surface area is 805 Å². The number of hydrogen-bond acceptors (Lipinski definition) is 4. The van der Waals surface area contributed by atoms with E-state index in [-0.39, 0.29) is 43.3 Å². The van der Waals surface area contributed by atoms with Crippen molar-refractivity contribution in [2.75, 3.05) is 0 Å². The number of pyridine rings is 4. The van der Waals surface area contributed by atoms with Gasteiger partial charge in [0.25, 0.3) is 0 Å². The summed E-state index contributed by atoms with van der Waals surface area (Å²) in [5.74, 6) is 53.9. The predicted octanol–water partition coefficient (Wildman–Crippen LogP) is 20.1. The molecule has 7 aliphatic rings. The first kappa shape index (κ1) is 153. The molecule has 28 heteroatoms.